The fraction of sp³-hybridized carbons (Fsp3) is 0.440. The average Bonchev–Trinajstić information content (AvgIpc) is 3.60. The maximum Gasteiger partial charge on any atom is 0.338 e. The number of ether oxygens (including phenoxy) is 1. The Balaban J connectivity index is 1.60. The Morgan fingerprint density at radius 3 is 2.79 bits per heavy atom. The van der Waals surface area contributed by atoms with E-state index < -0.39 is 48.3 Å². The van der Waals surface area contributed by atoms with Crippen molar-refractivity contribution >= 4 is 29.2 Å². The van der Waals surface area contributed by atoms with Crippen LogP contribution in [0.4, 0.5) is 18.0 Å². The summed E-state index contributed by atoms with van der Waals surface area (Å²) in [5.74, 6) is -4.95. The summed E-state index contributed by atoms with van der Waals surface area (Å²) in [6.45, 7) is 2.61. The lowest BCUT2D eigenvalue weighted by Crippen LogP contribution is -2.44. The zero-order valence-corrected chi connectivity index (χ0v) is 21.6. The van der Waals surface area contributed by atoms with Crippen molar-refractivity contribution in [2.75, 3.05) is 32.8 Å². The first-order valence-electron chi connectivity index (χ1n) is 12.2. The van der Waals surface area contributed by atoms with E-state index >= 15 is 8.78 Å². The number of urea groups is 1. The molecule has 0 bridgehead atoms. The molecule has 13 heteroatoms. The number of likely N-dealkylation sites (tertiary alicyclic amines) is 2. The minimum absolute atomic E-state index is 0.0530. The highest BCUT2D eigenvalue weighted by Gasteiger charge is 2.58. The first-order valence-corrected chi connectivity index (χ1v) is 13.0. The molecule has 0 saturated carbocycles. The number of hydrogen-bond donors (Lipinski definition) is 2. The number of carbonyl (C=O) groups is 2. The Bertz CT molecular complexity index is 1320. The summed E-state index contributed by atoms with van der Waals surface area (Å²) in [6, 6.07) is 2.16. The highest BCUT2D eigenvalue weighted by molar-refractivity contribution is 7.11. The van der Waals surface area contributed by atoms with Gasteiger partial charge in [-0.25, -0.2) is 27.7 Å². The molecule has 3 unspecified atom stereocenters. The van der Waals surface area contributed by atoms with Gasteiger partial charge in [0.15, 0.2) is 10.8 Å². The van der Waals surface area contributed by atoms with Crippen molar-refractivity contribution in [3.8, 4) is 0 Å². The third kappa shape index (κ3) is 4.64. The molecule has 0 aliphatic carbocycles. The number of nitrogens with one attached hydrogen (secondary N) is 1. The number of aromatic nitrogens is 1. The van der Waals surface area contributed by atoms with Crippen LogP contribution >= 0.6 is 11.3 Å². The van der Waals surface area contributed by atoms with Crippen LogP contribution in [0.5, 0.6) is 0 Å². The molecule has 2 amide bonds. The Labute approximate surface area is 221 Å². The molecule has 3 aliphatic rings. The van der Waals surface area contributed by atoms with Crippen molar-refractivity contribution in [3.05, 3.63) is 63.0 Å². The zero-order chi connectivity index (χ0) is 27.2. The van der Waals surface area contributed by atoms with Gasteiger partial charge in [0, 0.05) is 43.0 Å². The average molecular weight is 549 g/mol. The summed E-state index contributed by atoms with van der Waals surface area (Å²) < 4.78 is 50.0. The number of alkyl halides is 2. The van der Waals surface area contributed by atoms with Gasteiger partial charge in [-0.05, 0) is 31.0 Å². The maximum absolute atomic E-state index is 15.0. The van der Waals surface area contributed by atoms with Crippen molar-refractivity contribution in [2.45, 2.75) is 31.9 Å². The van der Waals surface area contributed by atoms with Crippen LogP contribution in [-0.4, -0.2) is 77.4 Å². The number of nitrogens with zero attached hydrogens (tertiary/aromatic N) is 4. The number of thiazole rings is 1. The van der Waals surface area contributed by atoms with E-state index in [2.05, 4.69) is 10.3 Å². The summed E-state index contributed by atoms with van der Waals surface area (Å²) in [6.07, 6.45) is 1.60. The van der Waals surface area contributed by atoms with Crippen LogP contribution in [0.15, 0.2) is 46.0 Å². The van der Waals surface area contributed by atoms with Crippen LogP contribution < -0.4 is 11.1 Å². The largest absolute Gasteiger partial charge is 0.463 e. The van der Waals surface area contributed by atoms with Crippen molar-refractivity contribution in [2.24, 2.45) is 16.6 Å². The third-order valence-electron chi connectivity index (χ3n) is 7.25. The number of hydrogen-bond acceptors (Lipinski definition) is 8. The maximum atomic E-state index is 15.0. The smallest absolute Gasteiger partial charge is 0.338 e. The van der Waals surface area contributed by atoms with Crippen molar-refractivity contribution in [3.63, 3.8) is 0 Å². The standard InChI is InChI=1S/C25H27F3N6O3S/c1-3-37-23(35)19-17(10-34-12-25(27,28)15-9-33(24(29)36)11-18(15)34)31-21(22-30-7-8-38-22)32-20(19)14-5-4-6-16(26)13(14)2/h4-8,15,18,20H,3,9-12H2,1-2H3,(H2,29,36)(H,31,32). The molecule has 3 aliphatic heterocycles. The van der Waals surface area contributed by atoms with E-state index in [-0.39, 0.29) is 31.8 Å². The number of amidine groups is 1. The topological polar surface area (TPSA) is 113 Å². The molecule has 9 nitrogen and oxygen atoms in total. The third-order valence-corrected chi connectivity index (χ3v) is 8.03. The first kappa shape index (κ1) is 26.2. The van der Waals surface area contributed by atoms with E-state index in [4.69, 9.17) is 15.5 Å². The monoisotopic (exact) mass is 548 g/mol. The Hall–Kier alpha value is -3.45. The van der Waals surface area contributed by atoms with Crippen LogP contribution in [0.25, 0.3) is 0 Å². The Morgan fingerprint density at radius 2 is 2.11 bits per heavy atom. The van der Waals surface area contributed by atoms with Crippen LogP contribution in [0.2, 0.25) is 0 Å². The van der Waals surface area contributed by atoms with Crippen molar-refractivity contribution in [1.82, 2.24) is 20.1 Å². The second-order valence-corrected chi connectivity index (χ2v) is 10.4. The molecule has 2 aromatic rings. The van der Waals surface area contributed by atoms with Crippen LogP contribution in [-0.2, 0) is 9.53 Å². The quantitative estimate of drug-likeness (QED) is 0.537. The number of nitrogens with two attached hydrogens (primary N) is 1. The van der Waals surface area contributed by atoms with Gasteiger partial charge in [0.25, 0.3) is 5.92 Å². The van der Waals surface area contributed by atoms with E-state index in [1.165, 1.54) is 28.4 Å². The molecule has 0 spiro atoms. The van der Waals surface area contributed by atoms with Gasteiger partial charge in [0.2, 0.25) is 0 Å². The highest BCUT2D eigenvalue weighted by atomic mass is 32.1. The van der Waals surface area contributed by atoms with Gasteiger partial charge in [-0.1, -0.05) is 12.1 Å². The molecule has 2 saturated heterocycles. The zero-order valence-electron chi connectivity index (χ0n) is 20.8. The fourth-order valence-corrected chi connectivity index (χ4v) is 5.98. The van der Waals surface area contributed by atoms with Gasteiger partial charge in [-0.15, -0.1) is 11.3 Å². The molecule has 3 atom stereocenters. The molecule has 38 heavy (non-hydrogen) atoms. The number of aliphatic imine (C=N–C) groups is 1. The number of esters is 1. The normalized spacial score (nSPS) is 24.7. The molecule has 2 fully saturated rings. The number of rotatable bonds is 6. The molecular weight excluding hydrogens is 521 g/mol. The second-order valence-electron chi connectivity index (χ2n) is 9.49. The molecule has 4 heterocycles. The van der Waals surface area contributed by atoms with Crippen LogP contribution in [0, 0.1) is 18.7 Å². The summed E-state index contributed by atoms with van der Waals surface area (Å²) >= 11 is 1.31. The number of carbonyl (C=O) groups excluding carboxylic acids is 2. The molecule has 5 rings (SSSR count). The van der Waals surface area contributed by atoms with Crippen LogP contribution in [0.3, 0.4) is 0 Å². The van der Waals surface area contributed by atoms with Crippen LogP contribution in [0.1, 0.15) is 29.1 Å². The SMILES string of the molecule is CCOC(=O)C1=C(CN2CC(F)(F)C3CN(C(N)=O)CC32)NC(c2nccs2)=NC1c1cccc(F)c1C. The minimum atomic E-state index is -3.06. The number of primary amides is 1. The number of benzene rings is 1. The van der Waals surface area contributed by atoms with Crippen molar-refractivity contribution < 1.29 is 27.5 Å². The number of halogens is 3. The summed E-state index contributed by atoms with van der Waals surface area (Å²) in [7, 11) is 0. The summed E-state index contributed by atoms with van der Waals surface area (Å²) in [4.78, 5) is 36.9. The van der Waals surface area contributed by atoms with Gasteiger partial charge in [-0.2, -0.15) is 0 Å². The minimum Gasteiger partial charge on any atom is -0.463 e. The second kappa shape index (κ2) is 10.0. The summed E-state index contributed by atoms with van der Waals surface area (Å²) in [5, 5.41) is 5.42. The first-order chi connectivity index (χ1) is 18.1. The summed E-state index contributed by atoms with van der Waals surface area (Å²) in [5.41, 5.74) is 6.56. The lowest BCUT2D eigenvalue weighted by molar-refractivity contribution is -0.139. The van der Waals surface area contributed by atoms with Gasteiger partial charge in [0.05, 0.1) is 24.6 Å². The van der Waals surface area contributed by atoms with Gasteiger partial charge >= 0.3 is 12.0 Å². The molecular formula is C25H27F3N6O3S. The molecule has 1 aromatic heterocycles. The van der Waals surface area contributed by atoms with Crippen molar-refractivity contribution in [1.29, 1.82) is 0 Å². The Kier molecular flexibility index (Phi) is 6.90. The van der Waals surface area contributed by atoms with Gasteiger partial charge in [-0.3, -0.25) is 9.89 Å². The number of fused-ring (bicyclic) bond motifs is 1. The van der Waals surface area contributed by atoms with E-state index in [1.54, 1.807) is 36.4 Å². The van der Waals surface area contributed by atoms with E-state index in [0.717, 1.165) is 0 Å². The molecule has 0 radical (unpaired) electrons. The lowest BCUT2D eigenvalue weighted by atomic mass is 9.92. The molecule has 3 N–H and O–H groups in total. The molecule has 1 aromatic carbocycles. The fourth-order valence-electron chi connectivity index (χ4n) is 5.40. The van der Waals surface area contributed by atoms with Gasteiger partial charge < -0.3 is 20.7 Å². The van der Waals surface area contributed by atoms with E-state index in [9.17, 15) is 14.0 Å². The predicted octanol–water partition coefficient (Wildman–Crippen LogP) is 2.83. The number of amides is 2. The highest BCUT2D eigenvalue weighted by Crippen LogP contribution is 2.43. The van der Waals surface area contributed by atoms with E-state index in [0.29, 0.717) is 27.7 Å². The van der Waals surface area contributed by atoms with E-state index in [1.807, 2.05) is 0 Å². The molecule has 202 valence electrons. The van der Waals surface area contributed by atoms with Gasteiger partial charge in [0.1, 0.15) is 11.9 Å². The Morgan fingerprint density at radius 1 is 1.32 bits per heavy atom. The predicted molar refractivity (Wildman–Crippen MR) is 134 cm³/mol. The lowest BCUT2D eigenvalue weighted by Gasteiger charge is -2.31.